The van der Waals surface area contributed by atoms with E-state index in [1.165, 1.54) is 25.8 Å². The number of likely N-dealkylation sites (N-methyl/N-ethyl adjacent to an activating group) is 1. The molecule has 3 N–H and O–H groups in total. The third kappa shape index (κ3) is 10.3. The fourth-order valence-corrected chi connectivity index (χ4v) is 11.8. The maximum Gasteiger partial charge on any atom is 0.350 e. The number of esters is 4. The van der Waals surface area contributed by atoms with Crippen LogP contribution in [0.15, 0.2) is 102 Å². The van der Waals surface area contributed by atoms with Gasteiger partial charge in [-0.05, 0) is 49.7 Å². The van der Waals surface area contributed by atoms with Gasteiger partial charge < -0.3 is 39.2 Å². The van der Waals surface area contributed by atoms with Crippen LogP contribution in [0, 0.1) is 28.6 Å². The Labute approximate surface area is 424 Å². The van der Waals surface area contributed by atoms with Crippen molar-refractivity contribution in [2.45, 2.75) is 122 Å². The number of carbonyl (C=O) groups is 8. The van der Waals surface area contributed by atoms with E-state index in [0.717, 1.165) is 6.92 Å². The zero-order valence-corrected chi connectivity index (χ0v) is 42.7. The second-order valence-electron chi connectivity index (χ2n) is 21.0. The molecular weight excluding hydrogens is 941 g/mol. The number of Topliss-reactive ketones (excluding diaryl/α,β-unsaturated/α-hetero) is 3. The van der Waals surface area contributed by atoms with Crippen molar-refractivity contribution in [3.63, 3.8) is 0 Å². The summed E-state index contributed by atoms with van der Waals surface area (Å²) in [7, 11) is 1.53. The Bertz CT molecular complexity index is 2650. The number of benzene rings is 3. The SMILES string of the molecule is CC(=O)O[C@H]1C(=O)[C@@]2(C)[C@H]([C@H](CC(=O)c3ccccc3)[C@]3(O)C[C@H](OC(=O)[C@H](OC(=O)CN(C)CC(=O)C(C)C)[C@@H](NC(=O)c4ccccc4)c4ccccc4)C(C)=C1C3(C)C)[C@]1(OC(C)=O)CO[C@@H]1C[C@@H]2O. The van der Waals surface area contributed by atoms with Gasteiger partial charge in [0.2, 0.25) is 6.10 Å². The van der Waals surface area contributed by atoms with Crippen molar-refractivity contribution in [3.05, 3.63) is 119 Å². The standard InChI is InChI=1S/C56H66N2O15/c1-31(2)40(62)28-58(9)29-44(64)72-48(46(36-21-15-11-16-22-36)57-51(66)37-23-17-12-18-24-37)52(67)71-41-27-56(68)38(25-39(61)35-19-13-10-14-20-35)49-54(8,42(63)26-43-55(49,30-69-43)73-34(5)60)50(65)47(70-33(4)59)45(32(41)3)53(56,6)7/h10-24,31,38,41-43,46-49,63,68H,25-30H2,1-9H3,(H,57,66)/t38-,41-,42-,43+,46-,47+,48+,49-,54+,55-,56+/m0/s1. The van der Waals surface area contributed by atoms with Crippen molar-refractivity contribution >= 4 is 47.1 Å². The molecule has 3 aliphatic carbocycles. The lowest BCUT2D eigenvalue weighted by Gasteiger charge is -2.68. The largest absolute Gasteiger partial charge is 0.455 e. The van der Waals surface area contributed by atoms with E-state index in [4.69, 9.17) is 23.7 Å². The number of aliphatic hydroxyl groups is 2. The highest BCUT2D eigenvalue weighted by Gasteiger charge is 2.77. The first kappa shape index (κ1) is 54.4. The summed E-state index contributed by atoms with van der Waals surface area (Å²) in [6, 6.07) is 23.2. The van der Waals surface area contributed by atoms with Crippen LogP contribution in [0.2, 0.25) is 0 Å². The third-order valence-corrected chi connectivity index (χ3v) is 15.7. The van der Waals surface area contributed by atoms with E-state index in [0.29, 0.717) is 5.56 Å². The molecule has 4 aliphatic rings. The van der Waals surface area contributed by atoms with Gasteiger partial charge in [0.1, 0.15) is 24.0 Å². The van der Waals surface area contributed by atoms with Gasteiger partial charge in [0.15, 0.2) is 23.3 Å². The summed E-state index contributed by atoms with van der Waals surface area (Å²) >= 11 is 0. The fraction of sp³-hybridized carbons (Fsp3) is 0.500. The molecule has 0 aromatic heterocycles. The van der Waals surface area contributed by atoms with Crippen LogP contribution in [0.3, 0.4) is 0 Å². The summed E-state index contributed by atoms with van der Waals surface area (Å²) in [6.07, 6.45) is -8.99. The quantitative estimate of drug-likeness (QED) is 0.0690. The predicted octanol–water partition coefficient (Wildman–Crippen LogP) is 5.11. The van der Waals surface area contributed by atoms with E-state index in [1.54, 1.807) is 126 Å². The van der Waals surface area contributed by atoms with Crippen molar-refractivity contribution in [2.75, 3.05) is 26.7 Å². The number of ketones is 3. The Morgan fingerprint density at radius 3 is 1.97 bits per heavy atom. The number of aliphatic hydroxyl groups excluding tert-OH is 1. The Kier molecular flexibility index (Phi) is 15.8. The highest BCUT2D eigenvalue weighted by molar-refractivity contribution is 5.98. The smallest absolute Gasteiger partial charge is 0.350 e. The maximum atomic E-state index is 15.8. The second-order valence-corrected chi connectivity index (χ2v) is 21.0. The number of nitrogens with zero attached hydrogens (tertiary/aromatic N) is 1. The van der Waals surface area contributed by atoms with Gasteiger partial charge in [-0.1, -0.05) is 107 Å². The lowest BCUT2D eigenvalue weighted by molar-refractivity contribution is -0.339. The minimum absolute atomic E-state index is 0.0267. The monoisotopic (exact) mass is 1010 g/mol. The molecule has 390 valence electrons. The molecule has 1 heterocycles. The summed E-state index contributed by atoms with van der Waals surface area (Å²) < 4.78 is 30.6. The minimum Gasteiger partial charge on any atom is -0.455 e. The molecular formula is C56H66N2O15. The Morgan fingerprint density at radius 1 is 0.836 bits per heavy atom. The first-order valence-electron chi connectivity index (χ1n) is 24.6. The van der Waals surface area contributed by atoms with E-state index >= 15 is 9.59 Å². The Balaban J connectivity index is 1.41. The summed E-state index contributed by atoms with van der Waals surface area (Å²) in [5, 5.41) is 29.2. The van der Waals surface area contributed by atoms with Crippen molar-refractivity contribution in [1.29, 1.82) is 0 Å². The number of fused-ring (bicyclic) bond motifs is 5. The van der Waals surface area contributed by atoms with Crippen molar-refractivity contribution in [2.24, 2.45) is 28.6 Å². The first-order chi connectivity index (χ1) is 34.4. The molecule has 0 spiro atoms. The summed E-state index contributed by atoms with van der Waals surface area (Å²) in [6.45, 7) is 11.1. The van der Waals surface area contributed by atoms with Crippen LogP contribution in [-0.4, -0.2) is 131 Å². The van der Waals surface area contributed by atoms with Crippen LogP contribution in [0.25, 0.3) is 0 Å². The Hall–Kier alpha value is -6.40. The summed E-state index contributed by atoms with van der Waals surface area (Å²) in [5.74, 6) is -9.01. The predicted molar refractivity (Wildman–Crippen MR) is 262 cm³/mol. The van der Waals surface area contributed by atoms with Crippen LogP contribution in [0.4, 0.5) is 0 Å². The van der Waals surface area contributed by atoms with Crippen LogP contribution < -0.4 is 5.32 Å². The number of hydrogen-bond acceptors (Lipinski definition) is 16. The molecule has 17 nitrogen and oxygen atoms in total. The minimum atomic E-state index is -2.26. The molecule has 3 fully saturated rings. The second kappa shape index (κ2) is 21.2. The van der Waals surface area contributed by atoms with Crippen molar-refractivity contribution < 1.29 is 72.3 Å². The summed E-state index contributed by atoms with van der Waals surface area (Å²) in [4.78, 5) is 114. The lowest BCUT2D eigenvalue weighted by atomic mass is 9.42. The number of nitrogens with one attached hydrogen (secondary N) is 1. The van der Waals surface area contributed by atoms with E-state index in [1.807, 2.05) is 0 Å². The van der Waals surface area contributed by atoms with Gasteiger partial charge in [-0.3, -0.25) is 38.5 Å². The van der Waals surface area contributed by atoms with E-state index < -0.39 is 131 Å². The Morgan fingerprint density at radius 2 is 1.42 bits per heavy atom. The van der Waals surface area contributed by atoms with Gasteiger partial charge in [0, 0.05) is 67.4 Å². The molecule has 3 aromatic rings. The van der Waals surface area contributed by atoms with E-state index in [9.17, 15) is 39.0 Å². The third-order valence-electron chi connectivity index (χ3n) is 15.7. The number of carbonyl (C=O) groups excluding carboxylic acids is 8. The molecule has 2 saturated carbocycles. The molecule has 3 aromatic carbocycles. The lowest BCUT2D eigenvalue weighted by Crippen LogP contribution is -2.80. The van der Waals surface area contributed by atoms with Gasteiger partial charge in [-0.2, -0.15) is 0 Å². The van der Waals surface area contributed by atoms with Crippen molar-refractivity contribution in [3.8, 4) is 0 Å². The van der Waals surface area contributed by atoms with E-state index in [-0.39, 0.29) is 53.5 Å². The number of hydrogen-bond donors (Lipinski definition) is 3. The molecule has 0 radical (unpaired) electrons. The summed E-state index contributed by atoms with van der Waals surface area (Å²) in [5.41, 5.74) is -6.56. The molecule has 7 rings (SSSR count). The zero-order chi connectivity index (χ0) is 53.4. The molecule has 17 heteroatoms. The van der Waals surface area contributed by atoms with Crippen LogP contribution in [0.5, 0.6) is 0 Å². The molecule has 1 aliphatic heterocycles. The van der Waals surface area contributed by atoms with E-state index in [2.05, 4.69) is 5.32 Å². The molecule has 73 heavy (non-hydrogen) atoms. The highest BCUT2D eigenvalue weighted by Crippen LogP contribution is 2.66. The molecule has 2 bridgehead atoms. The first-order valence-corrected chi connectivity index (χ1v) is 24.6. The van der Waals surface area contributed by atoms with Crippen LogP contribution >= 0.6 is 0 Å². The van der Waals surface area contributed by atoms with Gasteiger partial charge in [0.25, 0.3) is 5.91 Å². The maximum absolute atomic E-state index is 15.8. The average Bonchev–Trinajstić information content (AvgIpc) is 3.33. The molecule has 11 atom stereocenters. The van der Waals surface area contributed by atoms with Gasteiger partial charge in [0.05, 0.1) is 36.8 Å². The number of ether oxygens (including phenoxy) is 5. The zero-order valence-electron chi connectivity index (χ0n) is 42.7. The molecule has 1 amide bonds. The van der Waals surface area contributed by atoms with Gasteiger partial charge >= 0.3 is 23.9 Å². The van der Waals surface area contributed by atoms with Crippen LogP contribution in [0.1, 0.15) is 107 Å². The fourth-order valence-electron chi connectivity index (χ4n) is 11.8. The highest BCUT2D eigenvalue weighted by atomic mass is 16.6. The normalized spacial score (nSPS) is 28.9. The van der Waals surface area contributed by atoms with Crippen LogP contribution in [-0.2, 0) is 52.5 Å². The van der Waals surface area contributed by atoms with Gasteiger partial charge in [-0.15, -0.1) is 0 Å². The molecule has 1 saturated heterocycles. The average molecular weight is 1010 g/mol. The van der Waals surface area contributed by atoms with Crippen molar-refractivity contribution in [1.82, 2.24) is 10.2 Å². The number of amides is 1. The topological polar surface area (TPSA) is 238 Å². The van der Waals surface area contributed by atoms with Gasteiger partial charge in [-0.25, -0.2) is 4.79 Å². The molecule has 0 unspecified atom stereocenters. The number of rotatable bonds is 17.